The molecule has 2 rings (SSSR count). The van der Waals surface area contributed by atoms with E-state index >= 15 is 0 Å². The van der Waals surface area contributed by atoms with E-state index in [-0.39, 0.29) is 10.6 Å². The fourth-order valence-corrected chi connectivity index (χ4v) is 3.22. The Morgan fingerprint density at radius 1 is 1.00 bits per heavy atom. The van der Waals surface area contributed by atoms with Crippen LogP contribution in [0, 0.1) is 20.8 Å². The SMILES string of the molecule is Cc1ccc(NS(=O)(=O)c2cc(C)c(Cl)c(N)c2)cc1C. The molecule has 0 saturated carbocycles. The van der Waals surface area contributed by atoms with Gasteiger partial charge in [-0.05, 0) is 61.7 Å². The van der Waals surface area contributed by atoms with Crippen molar-refractivity contribution in [1.82, 2.24) is 0 Å². The highest BCUT2D eigenvalue weighted by atomic mass is 35.5. The molecule has 0 aliphatic heterocycles. The van der Waals surface area contributed by atoms with Crippen molar-refractivity contribution in [2.45, 2.75) is 25.7 Å². The minimum Gasteiger partial charge on any atom is -0.397 e. The number of hydrogen-bond donors (Lipinski definition) is 2. The third kappa shape index (κ3) is 3.31. The molecule has 0 fully saturated rings. The highest BCUT2D eigenvalue weighted by Crippen LogP contribution is 2.28. The summed E-state index contributed by atoms with van der Waals surface area (Å²) in [6, 6.07) is 8.25. The Morgan fingerprint density at radius 3 is 2.24 bits per heavy atom. The summed E-state index contributed by atoms with van der Waals surface area (Å²) in [5.41, 5.74) is 9.24. The molecule has 0 atom stereocenters. The van der Waals surface area contributed by atoms with E-state index in [1.54, 1.807) is 19.1 Å². The molecule has 3 N–H and O–H groups in total. The lowest BCUT2D eigenvalue weighted by Gasteiger charge is -2.12. The predicted molar refractivity (Wildman–Crippen MR) is 87.3 cm³/mol. The number of nitrogens with two attached hydrogens (primary N) is 1. The lowest BCUT2D eigenvalue weighted by Crippen LogP contribution is -2.14. The first kappa shape index (κ1) is 15.7. The predicted octanol–water partition coefficient (Wildman–Crippen LogP) is 3.65. The monoisotopic (exact) mass is 324 g/mol. The molecular formula is C15H17ClN2O2S. The molecule has 0 saturated heterocycles. The Bertz CT molecular complexity index is 778. The summed E-state index contributed by atoms with van der Waals surface area (Å²) >= 11 is 5.96. The van der Waals surface area contributed by atoms with E-state index in [0.29, 0.717) is 16.3 Å². The number of rotatable bonds is 3. The van der Waals surface area contributed by atoms with E-state index in [9.17, 15) is 8.42 Å². The van der Waals surface area contributed by atoms with Crippen molar-refractivity contribution in [3.63, 3.8) is 0 Å². The van der Waals surface area contributed by atoms with Crippen LogP contribution in [0.2, 0.25) is 5.02 Å². The molecule has 0 amide bonds. The molecule has 0 heterocycles. The summed E-state index contributed by atoms with van der Waals surface area (Å²) < 4.78 is 27.4. The molecule has 0 aromatic heterocycles. The van der Waals surface area contributed by atoms with Crippen molar-refractivity contribution in [1.29, 1.82) is 0 Å². The number of sulfonamides is 1. The van der Waals surface area contributed by atoms with Gasteiger partial charge in [0.05, 0.1) is 15.6 Å². The van der Waals surface area contributed by atoms with Crippen molar-refractivity contribution in [2.24, 2.45) is 0 Å². The third-order valence-corrected chi connectivity index (χ3v) is 5.20. The minimum absolute atomic E-state index is 0.0973. The lowest BCUT2D eigenvalue weighted by molar-refractivity contribution is 0.601. The molecule has 0 unspecified atom stereocenters. The molecule has 21 heavy (non-hydrogen) atoms. The van der Waals surface area contributed by atoms with Gasteiger partial charge in [-0.2, -0.15) is 0 Å². The average Bonchev–Trinajstić information content (AvgIpc) is 2.39. The summed E-state index contributed by atoms with van der Waals surface area (Å²) in [4.78, 5) is 0.0973. The van der Waals surface area contributed by atoms with Gasteiger partial charge in [0.15, 0.2) is 0 Å². The molecule has 0 aliphatic rings. The van der Waals surface area contributed by atoms with Gasteiger partial charge in [-0.25, -0.2) is 8.42 Å². The number of nitrogen functional groups attached to an aromatic ring is 1. The number of hydrogen-bond acceptors (Lipinski definition) is 3. The molecule has 0 aliphatic carbocycles. The summed E-state index contributed by atoms with van der Waals surface area (Å²) in [6.07, 6.45) is 0. The fraction of sp³-hybridized carbons (Fsp3) is 0.200. The molecule has 2 aromatic carbocycles. The third-order valence-electron chi connectivity index (χ3n) is 3.33. The van der Waals surface area contributed by atoms with Gasteiger partial charge in [0.2, 0.25) is 0 Å². The molecule has 0 bridgehead atoms. The number of benzene rings is 2. The maximum atomic E-state index is 12.4. The van der Waals surface area contributed by atoms with Crippen molar-refractivity contribution >= 4 is 33.0 Å². The second-order valence-electron chi connectivity index (χ2n) is 5.05. The van der Waals surface area contributed by atoms with E-state index in [4.69, 9.17) is 17.3 Å². The molecule has 2 aromatic rings. The zero-order chi connectivity index (χ0) is 15.8. The number of nitrogens with one attached hydrogen (secondary N) is 1. The maximum Gasteiger partial charge on any atom is 0.261 e. The van der Waals surface area contributed by atoms with Gasteiger partial charge >= 0.3 is 0 Å². The second kappa shape index (κ2) is 5.58. The van der Waals surface area contributed by atoms with E-state index in [1.165, 1.54) is 12.1 Å². The second-order valence-corrected chi connectivity index (χ2v) is 7.11. The van der Waals surface area contributed by atoms with Gasteiger partial charge in [-0.3, -0.25) is 4.72 Å². The standard InChI is InChI=1S/C15H17ClN2O2S/c1-9-4-5-12(6-10(9)2)18-21(19,20)13-7-11(3)15(16)14(17)8-13/h4-8,18H,17H2,1-3H3. The molecule has 112 valence electrons. The van der Waals surface area contributed by atoms with Crippen molar-refractivity contribution in [2.75, 3.05) is 10.5 Å². The first-order valence-corrected chi connectivity index (χ1v) is 8.22. The van der Waals surface area contributed by atoms with Gasteiger partial charge in [-0.1, -0.05) is 17.7 Å². The number of anilines is 2. The molecular weight excluding hydrogens is 308 g/mol. The van der Waals surface area contributed by atoms with Crippen LogP contribution in [-0.4, -0.2) is 8.42 Å². The van der Waals surface area contributed by atoms with Gasteiger partial charge in [0, 0.05) is 5.69 Å². The molecule has 6 heteroatoms. The van der Waals surface area contributed by atoms with Crippen LogP contribution in [-0.2, 0) is 10.0 Å². The van der Waals surface area contributed by atoms with Crippen molar-refractivity contribution in [3.8, 4) is 0 Å². The molecule has 4 nitrogen and oxygen atoms in total. The average molecular weight is 325 g/mol. The van der Waals surface area contributed by atoms with Crippen LogP contribution < -0.4 is 10.5 Å². The molecule has 0 spiro atoms. The van der Waals surface area contributed by atoms with E-state index < -0.39 is 10.0 Å². The first-order valence-electron chi connectivity index (χ1n) is 6.36. The van der Waals surface area contributed by atoms with E-state index in [0.717, 1.165) is 11.1 Å². The van der Waals surface area contributed by atoms with Crippen molar-refractivity contribution < 1.29 is 8.42 Å². The van der Waals surface area contributed by atoms with Crippen molar-refractivity contribution in [3.05, 3.63) is 52.0 Å². The van der Waals surface area contributed by atoms with Crippen LogP contribution in [0.4, 0.5) is 11.4 Å². The van der Waals surface area contributed by atoms with Crippen LogP contribution in [0.3, 0.4) is 0 Å². The largest absolute Gasteiger partial charge is 0.397 e. The fourth-order valence-electron chi connectivity index (χ4n) is 1.94. The van der Waals surface area contributed by atoms with Gasteiger partial charge in [0.1, 0.15) is 0 Å². The topological polar surface area (TPSA) is 72.2 Å². The van der Waals surface area contributed by atoms with Crippen LogP contribution in [0.15, 0.2) is 35.2 Å². The highest BCUT2D eigenvalue weighted by molar-refractivity contribution is 7.92. The minimum atomic E-state index is -3.69. The summed E-state index contributed by atoms with van der Waals surface area (Å²) in [6.45, 7) is 5.61. The molecule has 0 radical (unpaired) electrons. The number of halogens is 1. The van der Waals surface area contributed by atoms with Gasteiger partial charge in [-0.15, -0.1) is 0 Å². The zero-order valence-corrected chi connectivity index (χ0v) is 13.6. The summed E-state index contributed by atoms with van der Waals surface area (Å²) in [5.74, 6) is 0. The zero-order valence-electron chi connectivity index (χ0n) is 12.1. The van der Waals surface area contributed by atoms with Crippen LogP contribution in [0.1, 0.15) is 16.7 Å². The number of aryl methyl sites for hydroxylation is 3. The summed E-state index contributed by atoms with van der Waals surface area (Å²) in [7, 11) is -3.69. The van der Waals surface area contributed by atoms with E-state index in [1.807, 2.05) is 19.9 Å². The van der Waals surface area contributed by atoms with Crippen LogP contribution in [0.5, 0.6) is 0 Å². The van der Waals surface area contributed by atoms with Gasteiger partial charge < -0.3 is 5.73 Å². The highest BCUT2D eigenvalue weighted by Gasteiger charge is 2.17. The Hall–Kier alpha value is -1.72. The first-order chi connectivity index (χ1) is 9.70. The lowest BCUT2D eigenvalue weighted by atomic mass is 10.1. The van der Waals surface area contributed by atoms with E-state index in [2.05, 4.69) is 4.72 Å². The Labute approximate surface area is 130 Å². The normalized spacial score (nSPS) is 11.4. The quantitative estimate of drug-likeness (QED) is 0.846. The maximum absolute atomic E-state index is 12.4. The Morgan fingerprint density at radius 2 is 1.67 bits per heavy atom. The summed E-state index contributed by atoms with van der Waals surface area (Å²) in [5, 5.41) is 0.375. The van der Waals surface area contributed by atoms with Crippen LogP contribution >= 0.6 is 11.6 Å². The Balaban J connectivity index is 2.40. The Kier molecular flexibility index (Phi) is 4.16. The smallest absolute Gasteiger partial charge is 0.261 e. The van der Waals surface area contributed by atoms with Crippen LogP contribution in [0.25, 0.3) is 0 Å². The van der Waals surface area contributed by atoms with Gasteiger partial charge in [0.25, 0.3) is 10.0 Å².